The third-order valence-electron chi connectivity index (χ3n) is 4.27. The number of ether oxygens (including phenoxy) is 3. The average molecular weight is 428 g/mol. The second kappa shape index (κ2) is 13.6. The summed E-state index contributed by atoms with van der Waals surface area (Å²) >= 11 is 0. The minimum absolute atomic E-state index is 0.0900. The molecule has 0 unspecified atom stereocenters. The van der Waals surface area contributed by atoms with Crippen LogP contribution < -0.4 is 20.3 Å². The zero-order valence-electron chi connectivity index (χ0n) is 17.6. The lowest BCUT2D eigenvalue weighted by Crippen LogP contribution is -2.43. The molecule has 2 aromatic carbocycles. The van der Waals surface area contributed by atoms with Crippen LogP contribution in [0.4, 0.5) is 0 Å². The van der Waals surface area contributed by atoms with Crippen molar-refractivity contribution in [1.29, 1.82) is 0 Å². The van der Waals surface area contributed by atoms with Crippen LogP contribution in [0.1, 0.15) is 31.2 Å². The highest BCUT2D eigenvalue weighted by Gasteiger charge is 2.09. The molecule has 0 fully saturated rings. The number of hydrazine groups is 1. The number of para-hydroxylation sites is 2. The Labute approximate surface area is 181 Å². The fourth-order valence-electron chi connectivity index (χ4n) is 2.69. The van der Waals surface area contributed by atoms with Gasteiger partial charge in [-0.15, -0.1) is 0 Å². The summed E-state index contributed by atoms with van der Waals surface area (Å²) in [5.41, 5.74) is 5.75. The summed E-state index contributed by atoms with van der Waals surface area (Å²) in [7, 11) is 1.50. The lowest BCUT2D eigenvalue weighted by Gasteiger charge is -2.11. The maximum absolute atomic E-state index is 11.8. The van der Waals surface area contributed by atoms with Crippen LogP contribution in [-0.4, -0.2) is 38.1 Å². The zero-order valence-corrected chi connectivity index (χ0v) is 17.6. The van der Waals surface area contributed by atoms with Gasteiger partial charge in [-0.1, -0.05) is 42.5 Å². The van der Waals surface area contributed by atoms with Crippen molar-refractivity contribution in [3.05, 3.63) is 60.2 Å². The van der Waals surface area contributed by atoms with Gasteiger partial charge in [0.2, 0.25) is 5.91 Å². The molecule has 2 rings (SSSR count). The normalized spacial score (nSPS) is 10.1. The maximum atomic E-state index is 11.8. The van der Waals surface area contributed by atoms with Gasteiger partial charge in [-0.2, -0.15) is 0 Å². The van der Waals surface area contributed by atoms with Gasteiger partial charge in [0.1, 0.15) is 0 Å². The minimum Gasteiger partial charge on any atom is -0.493 e. The van der Waals surface area contributed by atoms with E-state index in [1.807, 2.05) is 30.3 Å². The third-order valence-corrected chi connectivity index (χ3v) is 4.27. The quantitative estimate of drug-likeness (QED) is 0.306. The summed E-state index contributed by atoms with van der Waals surface area (Å²) in [6, 6.07) is 16.9. The molecule has 0 saturated heterocycles. The molecule has 2 N–H and O–H groups in total. The Morgan fingerprint density at radius 1 is 0.806 bits per heavy atom. The van der Waals surface area contributed by atoms with Gasteiger partial charge in [0.15, 0.2) is 18.1 Å². The highest BCUT2D eigenvalue weighted by atomic mass is 16.5. The van der Waals surface area contributed by atoms with Gasteiger partial charge in [0, 0.05) is 12.8 Å². The molecule has 31 heavy (non-hydrogen) atoms. The van der Waals surface area contributed by atoms with E-state index in [9.17, 15) is 14.4 Å². The number of amides is 2. The monoisotopic (exact) mass is 428 g/mol. The van der Waals surface area contributed by atoms with E-state index in [1.165, 1.54) is 12.7 Å². The molecule has 0 atom stereocenters. The Morgan fingerprint density at radius 3 is 2.23 bits per heavy atom. The second-order valence-corrected chi connectivity index (χ2v) is 6.70. The van der Waals surface area contributed by atoms with Gasteiger partial charge in [0.05, 0.1) is 13.7 Å². The number of nitrogens with one attached hydrogen (secondary N) is 2. The van der Waals surface area contributed by atoms with Crippen molar-refractivity contribution in [2.75, 3.05) is 20.3 Å². The van der Waals surface area contributed by atoms with E-state index in [4.69, 9.17) is 14.2 Å². The number of benzene rings is 2. The SMILES string of the molecule is COc1ccccc1OCC(=O)NNC(=O)CCCC(=O)OCCCc1ccccc1. The highest BCUT2D eigenvalue weighted by Crippen LogP contribution is 2.25. The number of rotatable bonds is 12. The smallest absolute Gasteiger partial charge is 0.305 e. The van der Waals surface area contributed by atoms with Gasteiger partial charge in [-0.25, -0.2) is 0 Å². The van der Waals surface area contributed by atoms with Gasteiger partial charge in [-0.3, -0.25) is 25.2 Å². The van der Waals surface area contributed by atoms with Crippen LogP contribution >= 0.6 is 0 Å². The summed E-state index contributed by atoms with van der Waals surface area (Å²) < 4.78 is 15.7. The number of esters is 1. The van der Waals surface area contributed by atoms with Gasteiger partial charge >= 0.3 is 5.97 Å². The third kappa shape index (κ3) is 9.66. The van der Waals surface area contributed by atoms with E-state index in [-0.39, 0.29) is 25.4 Å². The molecule has 2 aromatic rings. The fourth-order valence-corrected chi connectivity index (χ4v) is 2.69. The van der Waals surface area contributed by atoms with Crippen molar-refractivity contribution in [2.24, 2.45) is 0 Å². The molecule has 166 valence electrons. The molecule has 8 heteroatoms. The molecule has 0 aliphatic carbocycles. The van der Waals surface area contributed by atoms with Crippen LogP contribution in [0.25, 0.3) is 0 Å². The molecule has 0 heterocycles. The summed E-state index contributed by atoms with van der Waals surface area (Å²) in [5.74, 6) is -0.324. The lowest BCUT2D eigenvalue weighted by atomic mass is 10.1. The van der Waals surface area contributed by atoms with Gasteiger partial charge < -0.3 is 14.2 Å². The van der Waals surface area contributed by atoms with Crippen molar-refractivity contribution in [1.82, 2.24) is 10.9 Å². The van der Waals surface area contributed by atoms with Crippen LogP contribution in [-0.2, 0) is 25.5 Å². The first-order chi connectivity index (χ1) is 15.1. The Bertz CT molecular complexity index is 841. The molecule has 0 spiro atoms. The summed E-state index contributed by atoms with van der Waals surface area (Å²) in [5, 5.41) is 0. The first-order valence-corrected chi connectivity index (χ1v) is 10.1. The molecule has 0 aliphatic heterocycles. The lowest BCUT2D eigenvalue weighted by molar-refractivity contribution is -0.144. The number of carbonyl (C=O) groups excluding carboxylic acids is 3. The molecular formula is C23H28N2O6. The first-order valence-electron chi connectivity index (χ1n) is 10.1. The first kappa shape index (κ1) is 23.7. The van der Waals surface area contributed by atoms with Crippen LogP contribution in [0.5, 0.6) is 11.5 Å². The largest absolute Gasteiger partial charge is 0.493 e. The number of hydrogen-bond acceptors (Lipinski definition) is 6. The van der Waals surface area contributed by atoms with E-state index in [2.05, 4.69) is 10.9 Å². The second-order valence-electron chi connectivity index (χ2n) is 6.70. The Kier molecular flexibility index (Phi) is 10.4. The number of carbonyl (C=O) groups is 3. The Hall–Kier alpha value is -3.55. The molecule has 0 radical (unpaired) electrons. The molecule has 0 bridgehead atoms. The standard InChI is InChI=1S/C23H28N2O6/c1-29-19-12-5-6-13-20(19)31-17-22(27)25-24-21(26)14-7-15-23(28)30-16-8-11-18-9-3-2-4-10-18/h2-6,9-10,12-13H,7-8,11,14-17H2,1H3,(H,24,26)(H,25,27). The number of methoxy groups -OCH3 is 1. The topological polar surface area (TPSA) is 103 Å². The van der Waals surface area contributed by atoms with Gasteiger partial charge in [-0.05, 0) is 37.0 Å². The van der Waals surface area contributed by atoms with E-state index in [0.29, 0.717) is 24.5 Å². The number of hydrogen-bond donors (Lipinski definition) is 2. The summed E-state index contributed by atoms with van der Waals surface area (Å²) in [6.07, 6.45) is 2.16. The highest BCUT2D eigenvalue weighted by molar-refractivity contribution is 5.83. The average Bonchev–Trinajstić information content (AvgIpc) is 2.80. The minimum atomic E-state index is -0.517. The molecule has 0 aliphatic rings. The van der Waals surface area contributed by atoms with E-state index < -0.39 is 11.8 Å². The van der Waals surface area contributed by atoms with Crippen LogP contribution in [0, 0.1) is 0 Å². The van der Waals surface area contributed by atoms with E-state index in [1.54, 1.807) is 24.3 Å². The Morgan fingerprint density at radius 2 is 1.48 bits per heavy atom. The van der Waals surface area contributed by atoms with Crippen molar-refractivity contribution in [3.8, 4) is 11.5 Å². The van der Waals surface area contributed by atoms with Crippen molar-refractivity contribution < 1.29 is 28.6 Å². The number of aryl methyl sites for hydroxylation is 1. The predicted molar refractivity (Wildman–Crippen MR) is 114 cm³/mol. The molecular weight excluding hydrogens is 400 g/mol. The van der Waals surface area contributed by atoms with Crippen molar-refractivity contribution in [3.63, 3.8) is 0 Å². The Balaban J connectivity index is 1.51. The van der Waals surface area contributed by atoms with Crippen LogP contribution in [0.2, 0.25) is 0 Å². The van der Waals surface area contributed by atoms with Crippen LogP contribution in [0.15, 0.2) is 54.6 Å². The van der Waals surface area contributed by atoms with Crippen molar-refractivity contribution >= 4 is 17.8 Å². The van der Waals surface area contributed by atoms with E-state index in [0.717, 1.165) is 12.8 Å². The predicted octanol–water partition coefficient (Wildman–Crippen LogP) is 2.57. The van der Waals surface area contributed by atoms with Gasteiger partial charge in [0.25, 0.3) is 5.91 Å². The molecule has 2 amide bonds. The molecule has 8 nitrogen and oxygen atoms in total. The van der Waals surface area contributed by atoms with E-state index >= 15 is 0 Å². The summed E-state index contributed by atoms with van der Waals surface area (Å²) in [6.45, 7) is 0.0676. The van der Waals surface area contributed by atoms with Crippen molar-refractivity contribution in [2.45, 2.75) is 32.1 Å². The molecule has 0 saturated carbocycles. The summed E-state index contributed by atoms with van der Waals surface area (Å²) in [4.78, 5) is 35.3. The zero-order chi connectivity index (χ0) is 22.3. The molecule has 0 aromatic heterocycles. The fraction of sp³-hybridized carbons (Fsp3) is 0.348. The maximum Gasteiger partial charge on any atom is 0.305 e. The van der Waals surface area contributed by atoms with Crippen LogP contribution in [0.3, 0.4) is 0 Å².